The van der Waals surface area contributed by atoms with Crippen LogP contribution >= 0.6 is 11.3 Å². The molecule has 3 aromatic rings. The topological polar surface area (TPSA) is 69.1 Å². The zero-order valence-corrected chi connectivity index (χ0v) is 11.9. The second kappa shape index (κ2) is 4.31. The Morgan fingerprint density at radius 2 is 2.05 bits per heavy atom. The lowest BCUT2D eigenvalue weighted by atomic mass is 10.1. The fourth-order valence-electron chi connectivity index (χ4n) is 1.97. The SMILES string of the molecule is Cc1cccc(-c2nn3c(C(C)C)nnc3s2)c1N. The van der Waals surface area contributed by atoms with Crippen molar-refractivity contribution in [3.05, 3.63) is 29.6 Å². The first-order valence-electron chi connectivity index (χ1n) is 6.15. The van der Waals surface area contributed by atoms with Crippen molar-refractivity contribution in [2.24, 2.45) is 0 Å². The molecule has 2 aromatic heterocycles. The predicted molar refractivity (Wildman–Crippen MR) is 77.3 cm³/mol. The molecular weight excluding hydrogens is 258 g/mol. The molecule has 0 atom stereocenters. The molecule has 19 heavy (non-hydrogen) atoms. The molecule has 3 rings (SSSR count). The second-order valence-electron chi connectivity index (χ2n) is 4.85. The van der Waals surface area contributed by atoms with Gasteiger partial charge in [-0.25, -0.2) is 0 Å². The largest absolute Gasteiger partial charge is 0.398 e. The van der Waals surface area contributed by atoms with Crippen molar-refractivity contribution >= 4 is 22.0 Å². The van der Waals surface area contributed by atoms with Gasteiger partial charge >= 0.3 is 0 Å². The van der Waals surface area contributed by atoms with Crippen molar-refractivity contribution in [1.82, 2.24) is 19.8 Å². The molecule has 0 aliphatic carbocycles. The van der Waals surface area contributed by atoms with Crippen LogP contribution in [-0.2, 0) is 0 Å². The average molecular weight is 273 g/mol. The maximum Gasteiger partial charge on any atom is 0.234 e. The summed E-state index contributed by atoms with van der Waals surface area (Å²) < 4.78 is 1.81. The van der Waals surface area contributed by atoms with Crippen LogP contribution in [0.5, 0.6) is 0 Å². The molecule has 1 aromatic carbocycles. The minimum atomic E-state index is 0.291. The van der Waals surface area contributed by atoms with E-state index in [0.29, 0.717) is 5.92 Å². The molecule has 0 saturated heterocycles. The number of rotatable bonds is 2. The van der Waals surface area contributed by atoms with E-state index in [1.165, 1.54) is 11.3 Å². The second-order valence-corrected chi connectivity index (χ2v) is 5.81. The normalized spacial score (nSPS) is 11.6. The van der Waals surface area contributed by atoms with Gasteiger partial charge in [0.15, 0.2) is 5.82 Å². The van der Waals surface area contributed by atoms with Crippen LogP contribution in [0.4, 0.5) is 5.69 Å². The van der Waals surface area contributed by atoms with Crippen LogP contribution < -0.4 is 5.73 Å². The van der Waals surface area contributed by atoms with Crippen LogP contribution in [0.15, 0.2) is 18.2 Å². The molecule has 0 aliphatic rings. The van der Waals surface area contributed by atoms with Crippen LogP contribution in [0.25, 0.3) is 15.5 Å². The van der Waals surface area contributed by atoms with Crippen LogP contribution in [-0.4, -0.2) is 19.8 Å². The molecule has 0 amide bonds. The Morgan fingerprint density at radius 3 is 2.79 bits per heavy atom. The maximum absolute atomic E-state index is 6.12. The number of aryl methyl sites for hydroxylation is 1. The number of nitrogens with two attached hydrogens (primary N) is 1. The summed E-state index contributed by atoms with van der Waals surface area (Å²) >= 11 is 1.51. The molecule has 98 valence electrons. The number of fused-ring (bicyclic) bond motifs is 1. The molecule has 0 saturated carbocycles. The number of para-hydroxylation sites is 1. The Labute approximate surface area is 115 Å². The fraction of sp³-hybridized carbons (Fsp3) is 0.308. The molecular formula is C13H15N5S. The van der Waals surface area contributed by atoms with Gasteiger partial charge in [0.05, 0.1) is 0 Å². The molecule has 5 nitrogen and oxygen atoms in total. The van der Waals surface area contributed by atoms with E-state index in [4.69, 9.17) is 5.73 Å². The summed E-state index contributed by atoms with van der Waals surface area (Å²) in [5, 5.41) is 13.8. The summed E-state index contributed by atoms with van der Waals surface area (Å²) in [5.41, 5.74) is 8.93. The van der Waals surface area contributed by atoms with Crippen molar-refractivity contribution in [1.29, 1.82) is 0 Å². The number of benzene rings is 1. The van der Waals surface area contributed by atoms with E-state index in [9.17, 15) is 0 Å². The highest BCUT2D eigenvalue weighted by atomic mass is 32.1. The summed E-state index contributed by atoms with van der Waals surface area (Å²) in [5.74, 6) is 1.17. The first-order valence-corrected chi connectivity index (χ1v) is 6.97. The minimum absolute atomic E-state index is 0.291. The van der Waals surface area contributed by atoms with Gasteiger partial charge in [0, 0.05) is 17.2 Å². The number of aromatic nitrogens is 4. The van der Waals surface area contributed by atoms with Gasteiger partial charge < -0.3 is 5.73 Å². The fourth-order valence-corrected chi connectivity index (χ4v) is 2.85. The first kappa shape index (κ1) is 12.1. The van der Waals surface area contributed by atoms with Gasteiger partial charge in [0.2, 0.25) is 4.96 Å². The van der Waals surface area contributed by atoms with Crippen molar-refractivity contribution < 1.29 is 0 Å². The van der Waals surface area contributed by atoms with Gasteiger partial charge in [-0.15, -0.1) is 10.2 Å². The Balaban J connectivity index is 2.18. The van der Waals surface area contributed by atoms with Crippen molar-refractivity contribution in [3.8, 4) is 10.6 Å². The number of hydrogen-bond donors (Lipinski definition) is 1. The van der Waals surface area contributed by atoms with E-state index >= 15 is 0 Å². The van der Waals surface area contributed by atoms with Crippen LogP contribution in [0.3, 0.4) is 0 Å². The van der Waals surface area contributed by atoms with Gasteiger partial charge in [-0.05, 0) is 18.6 Å². The number of hydrogen-bond acceptors (Lipinski definition) is 5. The summed E-state index contributed by atoms with van der Waals surface area (Å²) in [6, 6.07) is 5.98. The molecule has 0 spiro atoms. The standard InChI is InChI=1S/C13H15N5S/c1-7(2)11-15-16-13-18(11)17-12(19-13)9-6-4-5-8(3)10(9)14/h4-7H,14H2,1-3H3. The molecule has 0 fully saturated rings. The highest BCUT2D eigenvalue weighted by molar-refractivity contribution is 7.19. The van der Waals surface area contributed by atoms with Gasteiger partial charge in [0.25, 0.3) is 0 Å². The summed E-state index contributed by atoms with van der Waals surface area (Å²) in [4.78, 5) is 0.805. The van der Waals surface area contributed by atoms with E-state index < -0.39 is 0 Å². The highest BCUT2D eigenvalue weighted by Gasteiger charge is 2.16. The van der Waals surface area contributed by atoms with Gasteiger partial charge in [-0.2, -0.15) is 9.61 Å². The average Bonchev–Trinajstić information content (AvgIpc) is 2.91. The number of nitrogens with zero attached hydrogens (tertiary/aromatic N) is 4. The smallest absolute Gasteiger partial charge is 0.234 e. The minimum Gasteiger partial charge on any atom is -0.398 e. The van der Waals surface area contributed by atoms with Crippen molar-refractivity contribution in [3.63, 3.8) is 0 Å². The summed E-state index contributed by atoms with van der Waals surface area (Å²) in [6.45, 7) is 6.16. The molecule has 0 unspecified atom stereocenters. The Kier molecular flexibility index (Phi) is 2.74. The Morgan fingerprint density at radius 1 is 1.26 bits per heavy atom. The van der Waals surface area contributed by atoms with Crippen molar-refractivity contribution in [2.75, 3.05) is 5.73 Å². The van der Waals surface area contributed by atoms with Crippen LogP contribution in [0.2, 0.25) is 0 Å². The lowest BCUT2D eigenvalue weighted by Crippen LogP contribution is -1.98. The lowest BCUT2D eigenvalue weighted by Gasteiger charge is -2.04. The Bertz CT molecular complexity index is 741. The third-order valence-electron chi connectivity index (χ3n) is 3.09. The highest BCUT2D eigenvalue weighted by Crippen LogP contribution is 2.32. The van der Waals surface area contributed by atoms with E-state index in [1.807, 2.05) is 29.6 Å². The molecule has 0 aliphatic heterocycles. The predicted octanol–water partition coefficient (Wildman–Crippen LogP) is 2.87. The summed E-state index contributed by atoms with van der Waals surface area (Å²) in [6.07, 6.45) is 0. The van der Waals surface area contributed by atoms with Gasteiger partial charge in [-0.1, -0.05) is 37.3 Å². The van der Waals surface area contributed by atoms with Crippen LogP contribution in [0, 0.1) is 6.92 Å². The molecule has 2 heterocycles. The zero-order valence-electron chi connectivity index (χ0n) is 11.1. The quantitative estimate of drug-likeness (QED) is 0.729. The molecule has 0 radical (unpaired) electrons. The van der Waals surface area contributed by atoms with E-state index in [1.54, 1.807) is 0 Å². The third kappa shape index (κ3) is 1.88. The van der Waals surface area contributed by atoms with Crippen LogP contribution in [0.1, 0.15) is 31.2 Å². The molecule has 2 N–H and O–H groups in total. The number of nitrogen functional groups attached to an aromatic ring is 1. The van der Waals surface area contributed by atoms with E-state index in [0.717, 1.165) is 32.6 Å². The zero-order chi connectivity index (χ0) is 13.6. The summed E-state index contributed by atoms with van der Waals surface area (Å²) in [7, 11) is 0. The molecule has 0 bridgehead atoms. The van der Waals surface area contributed by atoms with Gasteiger partial charge in [-0.3, -0.25) is 0 Å². The van der Waals surface area contributed by atoms with E-state index in [-0.39, 0.29) is 0 Å². The van der Waals surface area contributed by atoms with E-state index in [2.05, 4.69) is 29.1 Å². The van der Waals surface area contributed by atoms with Gasteiger partial charge in [0.1, 0.15) is 5.01 Å². The maximum atomic E-state index is 6.12. The monoisotopic (exact) mass is 273 g/mol. The Hall–Kier alpha value is -1.95. The first-order chi connectivity index (χ1) is 9.08. The third-order valence-corrected chi connectivity index (χ3v) is 4.02. The lowest BCUT2D eigenvalue weighted by molar-refractivity contribution is 0.727. The molecule has 6 heteroatoms. The van der Waals surface area contributed by atoms with Crippen molar-refractivity contribution in [2.45, 2.75) is 26.7 Å². The number of anilines is 1.